The molecule has 148 valence electrons. The van der Waals surface area contributed by atoms with Crippen molar-refractivity contribution in [2.24, 2.45) is 0 Å². The van der Waals surface area contributed by atoms with Gasteiger partial charge >= 0.3 is 0 Å². The quantitative estimate of drug-likeness (QED) is 0.297. The normalized spacial score (nSPS) is 12.1. The summed E-state index contributed by atoms with van der Waals surface area (Å²) in [6.45, 7) is 2.97. The number of benzene rings is 1. The van der Waals surface area contributed by atoms with Gasteiger partial charge in [0.1, 0.15) is 11.4 Å². The van der Waals surface area contributed by atoms with Gasteiger partial charge in [0, 0.05) is 18.9 Å². The van der Waals surface area contributed by atoms with Crippen LogP contribution in [0.25, 0.3) is 0 Å². The first-order chi connectivity index (χ1) is 13.1. The number of aliphatic hydroxyl groups is 1. The number of Topliss-reactive ketones (excluding diaryl/α,β-unsaturated/α-hetero) is 1. The Morgan fingerprint density at radius 1 is 1.19 bits per heavy atom. The largest absolute Gasteiger partial charge is 0.494 e. The van der Waals surface area contributed by atoms with Gasteiger partial charge in [0.2, 0.25) is 0 Å². The van der Waals surface area contributed by atoms with Crippen molar-refractivity contribution in [2.45, 2.75) is 58.2 Å². The van der Waals surface area contributed by atoms with Crippen LogP contribution in [0.3, 0.4) is 0 Å². The van der Waals surface area contributed by atoms with Crippen molar-refractivity contribution in [3.8, 4) is 5.75 Å². The molecule has 0 saturated carbocycles. The van der Waals surface area contributed by atoms with Gasteiger partial charge in [-0.15, -0.1) is 11.3 Å². The number of rotatable bonds is 13. The van der Waals surface area contributed by atoms with Gasteiger partial charge in [-0.3, -0.25) is 4.79 Å². The molecule has 0 bridgehead atoms. The van der Waals surface area contributed by atoms with Crippen molar-refractivity contribution in [3.05, 3.63) is 45.9 Å². The van der Waals surface area contributed by atoms with Crippen molar-refractivity contribution in [1.29, 1.82) is 0 Å². The second-order valence-corrected chi connectivity index (χ2v) is 7.35. The molecule has 1 atom stereocenters. The number of hydrogen-bond acceptors (Lipinski definition) is 6. The van der Waals surface area contributed by atoms with E-state index in [0.29, 0.717) is 23.5 Å². The number of carbonyl (C=O) groups excluding carboxylic acids is 1. The van der Waals surface area contributed by atoms with Crippen LogP contribution in [0, 0.1) is 0 Å². The van der Waals surface area contributed by atoms with Gasteiger partial charge in [-0.1, -0.05) is 44.7 Å². The minimum absolute atomic E-state index is 0.0260. The standard InChI is InChI=1S/C21H29NO4S/c1-3-4-5-6-7-14-26-17-11-8-16(9-12-17)10-13-19(23)20-22-18(15-27-20)21(24)25-2/h8-9,11-12,15,21,24H,3-7,10,13-14H2,1-2H3. The maximum absolute atomic E-state index is 12.3. The fourth-order valence-electron chi connectivity index (χ4n) is 2.66. The molecule has 6 heteroatoms. The van der Waals surface area contributed by atoms with Gasteiger partial charge in [0.15, 0.2) is 17.1 Å². The van der Waals surface area contributed by atoms with E-state index in [2.05, 4.69) is 11.9 Å². The monoisotopic (exact) mass is 391 g/mol. The highest BCUT2D eigenvalue weighted by Gasteiger charge is 2.15. The van der Waals surface area contributed by atoms with Crippen molar-refractivity contribution >= 4 is 17.1 Å². The number of aryl methyl sites for hydroxylation is 1. The van der Waals surface area contributed by atoms with Gasteiger partial charge in [-0.05, 0) is 30.5 Å². The predicted molar refractivity (Wildman–Crippen MR) is 107 cm³/mol. The molecule has 1 N–H and O–H groups in total. The second kappa shape index (κ2) is 11.8. The lowest BCUT2D eigenvalue weighted by Crippen LogP contribution is -2.04. The first-order valence-electron chi connectivity index (χ1n) is 9.55. The second-order valence-electron chi connectivity index (χ2n) is 6.50. The molecule has 5 nitrogen and oxygen atoms in total. The van der Waals surface area contributed by atoms with Crippen LogP contribution in [0.5, 0.6) is 5.75 Å². The van der Waals surface area contributed by atoms with Gasteiger partial charge in [0.25, 0.3) is 0 Å². The Morgan fingerprint density at radius 2 is 1.93 bits per heavy atom. The van der Waals surface area contributed by atoms with Gasteiger partial charge in [-0.2, -0.15) is 0 Å². The molecule has 1 aromatic heterocycles. The fraction of sp³-hybridized carbons (Fsp3) is 0.524. The van der Waals surface area contributed by atoms with E-state index >= 15 is 0 Å². The van der Waals surface area contributed by atoms with E-state index in [1.165, 1.54) is 44.1 Å². The maximum atomic E-state index is 12.3. The average Bonchev–Trinajstić information content (AvgIpc) is 3.19. The predicted octanol–water partition coefficient (Wildman–Crippen LogP) is 4.95. The summed E-state index contributed by atoms with van der Waals surface area (Å²) >= 11 is 1.23. The fourth-order valence-corrected chi connectivity index (χ4v) is 3.45. The molecular formula is C21H29NO4S. The van der Waals surface area contributed by atoms with E-state index in [-0.39, 0.29) is 5.78 Å². The maximum Gasteiger partial charge on any atom is 0.199 e. The van der Waals surface area contributed by atoms with Crippen LogP contribution in [0.4, 0.5) is 0 Å². The van der Waals surface area contributed by atoms with Gasteiger partial charge in [-0.25, -0.2) is 4.98 Å². The summed E-state index contributed by atoms with van der Waals surface area (Å²) in [5, 5.41) is 11.6. The number of methoxy groups -OCH3 is 1. The topological polar surface area (TPSA) is 68.7 Å². The Labute approximate surface area is 165 Å². The van der Waals surface area contributed by atoms with Gasteiger partial charge in [0.05, 0.1) is 6.61 Å². The molecule has 0 amide bonds. The van der Waals surface area contributed by atoms with Crippen molar-refractivity contribution in [2.75, 3.05) is 13.7 Å². The van der Waals surface area contributed by atoms with Crippen LogP contribution < -0.4 is 4.74 Å². The smallest absolute Gasteiger partial charge is 0.199 e. The summed E-state index contributed by atoms with van der Waals surface area (Å²) in [6, 6.07) is 7.92. The van der Waals surface area contributed by atoms with Crippen LogP contribution in [-0.2, 0) is 11.2 Å². The SMILES string of the molecule is CCCCCCCOc1ccc(CCC(=O)c2nc(C(O)OC)cs2)cc1. The molecule has 2 rings (SSSR count). The summed E-state index contributed by atoms with van der Waals surface area (Å²) in [5.41, 5.74) is 1.47. The highest BCUT2D eigenvalue weighted by Crippen LogP contribution is 2.20. The minimum atomic E-state index is -1.08. The van der Waals surface area contributed by atoms with E-state index in [0.717, 1.165) is 24.3 Å². The van der Waals surface area contributed by atoms with E-state index < -0.39 is 6.29 Å². The summed E-state index contributed by atoms with van der Waals surface area (Å²) in [6.07, 6.45) is 6.08. The zero-order chi connectivity index (χ0) is 19.5. The Bertz CT molecular complexity index is 684. The highest BCUT2D eigenvalue weighted by atomic mass is 32.1. The Hall–Kier alpha value is -1.76. The van der Waals surface area contributed by atoms with E-state index in [9.17, 15) is 9.90 Å². The summed E-state index contributed by atoms with van der Waals surface area (Å²) in [4.78, 5) is 16.4. The molecule has 2 aromatic rings. The van der Waals surface area contributed by atoms with Gasteiger partial charge < -0.3 is 14.6 Å². The molecule has 0 aliphatic heterocycles. The third-order valence-corrected chi connectivity index (χ3v) is 5.22. The van der Waals surface area contributed by atoms with E-state index in [1.807, 2.05) is 24.3 Å². The first-order valence-corrected chi connectivity index (χ1v) is 10.4. The lowest BCUT2D eigenvalue weighted by atomic mass is 10.1. The van der Waals surface area contributed by atoms with Crippen LogP contribution in [-0.4, -0.2) is 29.6 Å². The molecule has 0 spiro atoms. The lowest BCUT2D eigenvalue weighted by molar-refractivity contribution is -0.0795. The molecule has 27 heavy (non-hydrogen) atoms. The lowest BCUT2D eigenvalue weighted by Gasteiger charge is -2.07. The number of ether oxygens (including phenoxy) is 2. The summed E-state index contributed by atoms with van der Waals surface area (Å²) < 4.78 is 10.6. The molecule has 0 fully saturated rings. The Morgan fingerprint density at radius 3 is 2.63 bits per heavy atom. The Balaban J connectivity index is 1.73. The molecule has 0 saturated heterocycles. The number of hydrogen-bond donors (Lipinski definition) is 1. The number of aliphatic hydroxyl groups excluding tert-OH is 1. The number of nitrogens with zero attached hydrogens (tertiary/aromatic N) is 1. The zero-order valence-corrected chi connectivity index (χ0v) is 17.0. The molecule has 0 radical (unpaired) electrons. The zero-order valence-electron chi connectivity index (χ0n) is 16.1. The summed E-state index contributed by atoms with van der Waals surface area (Å²) in [5.74, 6) is 0.848. The number of unbranched alkanes of at least 4 members (excludes halogenated alkanes) is 4. The number of aromatic nitrogens is 1. The van der Waals surface area contributed by atoms with Crippen molar-refractivity contribution in [1.82, 2.24) is 4.98 Å². The number of ketones is 1. The van der Waals surface area contributed by atoms with Crippen molar-refractivity contribution in [3.63, 3.8) is 0 Å². The molecule has 1 unspecified atom stereocenters. The van der Waals surface area contributed by atoms with Crippen LogP contribution >= 0.6 is 11.3 Å². The van der Waals surface area contributed by atoms with E-state index in [1.54, 1.807) is 5.38 Å². The average molecular weight is 392 g/mol. The van der Waals surface area contributed by atoms with Crippen molar-refractivity contribution < 1.29 is 19.4 Å². The van der Waals surface area contributed by atoms with E-state index in [4.69, 9.17) is 9.47 Å². The molecule has 1 heterocycles. The summed E-state index contributed by atoms with van der Waals surface area (Å²) in [7, 11) is 1.39. The first kappa shape index (κ1) is 21.5. The number of carbonyl (C=O) groups is 1. The third kappa shape index (κ3) is 7.40. The number of thiazole rings is 1. The molecule has 0 aliphatic carbocycles. The third-order valence-electron chi connectivity index (χ3n) is 4.32. The van der Waals surface area contributed by atoms with Crippen LogP contribution in [0.15, 0.2) is 29.6 Å². The molecule has 1 aromatic carbocycles. The van der Waals surface area contributed by atoms with Crippen LogP contribution in [0.2, 0.25) is 0 Å². The van der Waals surface area contributed by atoms with Crippen LogP contribution in [0.1, 0.15) is 72.8 Å². The minimum Gasteiger partial charge on any atom is -0.494 e. The molecular weight excluding hydrogens is 362 g/mol. The Kier molecular flexibility index (Phi) is 9.45. The molecule has 0 aliphatic rings. The highest BCUT2D eigenvalue weighted by molar-refractivity contribution is 7.11.